The summed E-state index contributed by atoms with van der Waals surface area (Å²) in [5.41, 5.74) is 23.7. The first kappa shape index (κ1) is 39.6. The topological polar surface area (TPSA) is 9.72 Å². The molecule has 0 N–H and O–H groups in total. The first-order chi connectivity index (χ1) is 35.8. The van der Waals surface area contributed by atoms with Crippen molar-refractivity contribution in [2.45, 2.75) is 16.2 Å². The van der Waals surface area contributed by atoms with E-state index in [0.717, 1.165) is 11.4 Å². The molecular formula is C69H45N3. The minimum absolute atomic E-state index is 0.713. The third-order valence-corrected chi connectivity index (χ3v) is 16.8. The molecule has 336 valence electrons. The Morgan fingerprint density at radius 3 is 0.722 bits per heavy atom. The van der Waals surface area contributed by atoms with Crippen LogP contribution in [0.5, 0.6) is 0 Å². The van der Waals surface area contributed by atoms with Gasteiger partial charge < -0.3 is 14.7 Å². The van der Waals surface area contributed by atoms with E-state index in [0.29, 0.717) is 0 Å². The molecule has 0 aromatic heterocycles. The summed E-state index contributed by atoms with van der Waals surface area (Å²) >= 11 is 0. The molecule has 5 heterocycles. The molecule has 0 aliphatic carbocycles. The highest BCUT2D eigenvalue weighted by molar-refractivity contribution is 6.06. The zero-order valence-electron chi connectivity index (χ0n) is 39.3. The summed E-state index contributed by atoms with van der Waals surface area (Å²) in [6, 6.07) is 103. The van der Waals surface area contributed by atoms with Crippen LogP contribution >= 0.6 is 0 Å². The second kappa shape index (κ2) is 14.4. The van der Waals surface area contributed by atoms with Gasteiger partial charge in [-0.2, -0.15) is 0 Å². The predicted octanol–water partition coefficient (Wildman–Crippen LogP) is 16.8. The fourth-order valence-corrected chi connectivity index (χ4v) is 14.5. The Hall–Kier alpha value is -9.18. The molecule has 3 heteroatoms. The van der Waals surface area contributed by atoms with Crippen molar-refractivity contribution < 1.29 is 0 Å². The second-order valence-corrected chi connectivity index (χ2v) is 19.8. The number of fused-ring (bicyclic) bond motifs is 12. The van der Waals surface area contributed by atoms with Crippen LogP contribution in [0.15, 0.2) is 273 Å². The van der Waals surface area contributed by atoms with Crippen LogP contribution in [0.25, 0.3) is 0 Å². The molecule has 5 aliphatic heterocycles. The van der Waals surface area contributed by atoms with Crippen LogP contribution in [0, 0.1) is 0 Å². The standard InChI is InChI=1S/C69H45N3/c1-5-24-46(25-6-1)67(47-26-7-2-8-27-47)54-36-21-38-56-64(54)72-65-55(67)37-22-39-57(65)69(52-34-15-19-44-62(52)71(49-30-11-4-12-31-49)63-45-20-16-35-53(63)69)59-41-23-40-58(66(59)72)68(56)50-32-13-17-42-60(50)70(48-28-9-3-10-29-48)61-43-18-14-33-51(61)68/h1-45H. The van der Waals surface area contributed by atoms with Crippen molar-refractivity contribution in [2.75, 3.05) is 14.7 Å². The number of hydrogen-bond donors (Lipinski definition) is 0. The van der Waals surface area contributed by atoms with Crippen LogP contribution in [0.2, 0.25) is 0 Å². The summed E-state index contributed by atoms with van der Waals surface area (Å²) < 4.78 is 0. The lowest BCUT2D eigenvalue weighted by Gasteiger charge is -2.60. The molecule has 72 heavy (non-hydrogen) atoms. The normalized spacial score (nSPS) is 15.8. The van der Waals surface area contributed by atoms with E-state index in [1.807, 2.05) is 0 Å². The predicted molar refractivity (Wildman–Crippen MR) is 293 cm³/mol. The van der Waals surface area contributed by atoms with E-state index in [2.05, 4.69) is 288 Å². The van der Waals surface area contributed by atoms with Gasteiger partial charge >= 0.3 is 0 Å². The molecule has 3 nitrogen and oxygen atoms in total. The van der Waals surface area contributed by atoms with Gasteiger partial charge in [0.25, 0.3) is 0 Å². The lowest BCUT2D eigenvalue weighted by atomic mass is 9.51. The van der Waals surface area contributed by atoms with Crippen LogP contribution in [0.3, 0.4) is 0 Å². The Balaban J connectivity index is 1.15. The van der Waals surface area contributed by atoms with Crippen LogP contribution in [-0.2, 0) is 16.2 Å². The highest BCUT2D eigenvalue weighted by Crippen LogP contribution is 2.74. The van der Waals surface area contributed by atoms with E-state index < -0.39 is 16.2 Å². The Bertz CT molecular complexity index is 3660. The first-order valence-corrected chi connectivity index (χ1v) is 25.2. The van der Waals surface area contributed by atoms with Gasteiger partial charge in [-0.15, -0.1) is 0 Å². The van der Waals surface area contributed by atoms with Crippen LogP contribution in [0.4, 0.5) is 51.2 Å². The molecule has 16 rings (SSSR count). The highest BCUT2D eigenvalue weighted by atomic mass is 15.2. The van der Waals surface area contributed by atoms with Gasteiger partial charge in [0.05, 0.1) is 56.1 Å². The average molecular weight is 916 g/mol. The van der Waals surface area contributed by atoms with Gasteiger partial charge in [0.2, 0.25) is 0 Å². The molecule has 0 atom stereocenters. The van der Waals surface area contributed by atoms with E-state index in [4.69, 9.17) is 0 Å². The van der Waals surface area contributed by atoms with Gasteiger partial charge in [0, 0.05) is 11.4 Å². The van der Waals surface area contributed by atoms with Crippen molar-refractivity contribution in [1.29, 1.82) is 0 Å². The molecule has 0 bridgehead atoms. The molecular weight excluding hydrogens is 871 g/mol. The fourth-order valence-electron chi connectivity index (χ4n) is 14.5. The summed E-state index contributed by atoms with van der Waals surface area (Å²) in [6.07, 6.45) is 0. The summed E-state index contributed by atoms with van der Waals surface area (Å²) in [7, 11) is 0. The molecule has 0 saturated carbocycles. The van der Waals surface area contributed by atoms with E-state index in [1.165, 1.54) is 107 Å². The highest BCUT2D eigenvalue weighted by Gasteiger charge is 2.62. The first-order valence-electron chi connectivity index (χ1n) is 25.2. The molecule has 11 aromatic carbocycles. The van der Waals surface area contributed by atoms with E-state index in [9.17, 15) is 0 Å². The van der Waals surface area contributed by atoms with Crippen LogP contribution in [0.1, 0.15) is 66.8 Å². The third kappa shape index (κ3) is 4.63. The smallest absolute Gasteiger partial charge is 0.0783 e. The van der Waals surface area contributed by atoms with Gasteiger partial charge in [0.1, 0.15) is 0 Å². The molecule has 0 fully saturated rings. The summed E-state index contributed by atoms with van der Waals surface area (Å²) in [5.74, 6) is 0. The second-order valence-electron chi connectivity index (χ2n) is 19.8. The van der Waals surface area contributed by atoms with Crippen LogP contribution < -0.4 is 14.7 Å². The molecule has 0 amide bonds. The van der Waals surface area contributed by atoms with Gasteiger partial charge in [-0.1, -0.05) is 224 Å². The fraction of sp³-hybridized carbons (Fsp3) is 0.0435. The summed E-state index contributed by atoms with van der Waals surface area (Å²) in [5, 5.41) is 0. The van der Waals surface area contributed by atoms with E-state index >= 15 is 0 Å². The monoisotopic (exact) mass is 915 g/mol. The summed E-state index contributed by atoms with van der Waals surface area (Å²) in [4.78, 5) is 7.72. The maximum absolute atomic E-state index is 2.74. The lowest BCUT2D eigenvalue weighted by molar-refractivity contribution is 0.648. The average Bonchev–Trinajstić information content (AvgIpc) is 3.47. The van der Waals surface area contributed by atoms with Crippen molar-refractivity contribution in [2.24, 2.45) is 0 Å². The number of para-hydroxylation sites is 9. The Kier molecular flexibility index (Phi) is 7.95. The van der Waals surface area contributed by atoms with Crippen molar-refractivity contribution in [1.82, 2.24) is 0 Å². The minimum Gasteiger partial charge on any atom is -0.310 e. The van der Waals surface area contributed by atoms with Gasteiger partial charge in [0.15, 0.2) is 0 Å². The maximum Gasteiger partial charge on any atom is 0.0783 e. The largest absolute Gasteiger partial charge is 0.310 e. The molecule has 0 radical (unpaired) electrons. The van der Waals surface area contributed by atoms with Gasteiger partial charge in [-0.25, -0.2) is 0 Å². The Morgan fingerprint density at radius 2 is 0.417 bits per heavy atom. The lowest BCUT2D eigenvalue weighted by Crippen LogP contribution is -2.50. The molecule has 0 unspecified atom stereocenters. The number of rotatable bonds is 4. The molecule has 0 saturated heterocycles. The quantitative estimate of drug-likeness (QED) is 0.174. The van der Waals surface area contributed by atoms with Crippen LogP contribution in [-0.4, -0.2) is 0 Å². The summed E-state index contributed by atoms with van der Waals surface area (Å²) in [6.45, 7) is 0. The molecule has 2 spiro atoms. The van der Waals surface area contributed by atoms with Gasteiger partial charge in [-0.05, 0) is 115 Å². The van der Waals surface area contributed by atoms with Crippen molar-refractivity contribution in [3.8, 4) is 0 Å². The zero-order valence-corrected chi connectivity index (χ0v) is 39.3. The molecule has 5 aliphatic rings. The van der Waals surface area contributed by atoms with Gasteiger partial charge in [-0.3, -0.25) is 0 Å². The maximum atomic E-state index is 2.74. The Labute approximate surface area is 419 Å². The number of anilines is 9. The SMILES string of the molecule is c1ccc(N2c3ccccc3C3(c4ccccc42)c2cccc4c2N2c5c(cccc5C5(c6ccccc6N(c6ccccc6)c6ccccc65)c5cccc3c52)C4(c2ccccc2)c2ccccc2)cc1. The van der Waals surface area contributed by atoms with Crippen molar-refractivity contribution in [3.05, 3.63) is 340 Å². The Morgan fingerprint density at radius 1 is 0.181 bits per heavy atom. The number of benzene rings is 11. The third-order valence-electron chi connectivity index (χ3n) is 16.8. The minimum atomic E-state index is -0.750. The van der Waals surface area contributed by atoms with E-state index in [-0.39, 0.29) is 0 Å². The zero-order chi connectivity index (χ0) is 47.2. The van der Waals surface area contributed by atoms with Crippen molar-refractivity contribution >= 4 is 51.2 Å². The number of hydrogen-bond acceptors (Lipinski definition) is 3. The molecule has 11 aromatic rings. The number of nitrogens with zero attached hydrogens (tertiary/aromatic N) is 3. The van der Waals surface area contributed by atoms with E-state index in [1.54, 1.807) is 0 Å². The van der Waals surface area contributed by atoms with Crippen molar-refractivity contribution in [3.63, 3.8) is 0 Å².